The molecule has 0 spiro atoms. The van der Waals surface area contributed by atoms with Crippen molar-refractivity contribution in [3.8, 4) is 0 Å². The third-order valence-electron chi connectivity index (χ3n) is 3.86. The zero-order valence-corrected chi connectivity index (χ0v) is 18.0. The fraction of sp³-hybridized carbons (Fsp3) is 0. The first-order valence-electron chi connectivity index (χ1n) is 7.65. The average molecular weight is 473 g/mol. The molecule has 0 aliphatic rings. The van der Waals surface area contributed by atoms with Crippen molar-refractivity contribution >= 4 is 56.6 Å². The Morgan fingerprint density at radius 2 is 1.11 bits per heavy atom. The number of hydrogen-bond donors (Lipinski definition) is 0. The Hall–Kier alpha value is -1.76. The molecule has 28 heavy (non-hydrogen) atoms. The smallest absolute Gasteiger partial charge is 0.208 e. The van der Waals surface area contributed by atoms with Crippen molar-refractivity contribution in [2.45, 2.75) is 19.6 Å². The van der Waals surface area contributed by atoms with Crippen LogP contribution in [-0.2, 0) is 24.2 Å². The lowest BCUT2D eigenvalue weighted by Gasteiger charge is -2.13. The summed E-state index contributed by atoms with van der Waals surface area (Å²) in [6.07, 6.45) is 0. The van der Waals surface area contributed by atoms with Crippen LogP contribution in [-0.4, -0.2) is 16.8 Å². The van der Waals surface area contributed by atoms with E-state index in [4.69, 9.17) is 23.2 Å². The summed E-state index contributed by atoms with van der Waals surface area (Å²) < 4.78 is 64.3. The van der Waals surface area contributed by atoms with Crippen molar-refractivity contribution in [3.63, 3.8) is 0 Å². The highest BCUT2D eigenvalue weighted by Crippen LogP contribution is 2.32. The standard InChI is InChI=1S/C18H11Cl2O5PS2/c19-12-4-8-14(9-5-12)27(22,23)17-3-1-2-16(26-21)18(17)28(24,25)15-10-6-13(20)7-11-15/h1-11H. The van der Waals surface area contributed by atoms with E-state index >= 15 is 0 Å². The number of rotatable bonds is 5. The van der Waals surface area contributed by atoms with Crippen molar-refractivity contribution in [3.05, 3.63) is 76.8 Å². The fourth-order valence-electron chi connectivity index (χ4n) is 2.53. The van der Waals surface area contributed by atoms with E-state index in [0.717, 1.165) is 0 Å². The molecule has 3 rings (SSSR count). The van der Waals surface area contributed by atoms with Crippen LogP contribution >= 0.6 is 31.7 Å². The lowest BCUT2D eigenvalue weighted by Crippen LogP contribution is -2.17. The molecule has 10 heteroatoms. The summed E-state index contributed by atoms with van der Waals surface area (Å²) in [4.78, 5) is -1.31. The number of sulfone groups is 2. The van der Waals surface area contributed by atoms with E-state index in [2.05, 4.69) is 0 Å². The van der Waals surface area contributed by atoms with Gasteiger partial charge in [-0.15, -0.1) is 0 Å². The Balaban J connectivity index is 2.32. The maximum Gasteiger partial charge on any atom is 0.208 e. The number of hydrogen-bond acceptors (Lipinski definition) is 5. The van der Waals surface area contributed by atoms with Gasteiger partial charge < -0.3 is 0 Å². The molecule has 0 saturated carbocycles. The van der Waals surface area contributed by atoms with Crippen LogP contribution in [0, 0.1) is 0 Å². The molecule has 3 aromatic rings. The summed E-state index contributed by atoms with van der Waals surface area (Å²) in [5.41, 5.74) is 0. The quantitative estimate of drug-likeness (QED) is 0.507. The first kappa shape index (κ1) is 21.0. The normalized spacial score (nSPS) is 12.2. The van der Waals surface area contributed by atoms with E-state index in [9.17, 15) is 21.4 Å². The highest BCUT2D eigenvalue weighted by Gasteiger charge is 2.32. The topological polar surface area (TPSA) is 85.3 Å². The highest BCUT2D eigenvalue weighted by atomic mass is 35.5. The molecule has 0 radical (unpaired) electrons. The summed E-state index contributed by atoms with van der Waals surface area (Å²) >= 11 is 11.6. The second-order valence-electron chi connectivity index (χ2n) is 5.61. The van der Waals surface area contributed by atoms with Crippen LogP contribution in [0.5, 0.6) is 0 Å². The lowest BCUT2D eigenvalue weighted by atomic mass is 10.3. The zero-order chi connectivity index (χ0) is 20.5. The lowest BCUT2D eigenvalue weighted by molar-refractivity contribution is 0.582. The fourth-order valence-corrected chi connectivity index (χ4v) is 7.11. The molecule has 0 N–H and O–H groups in total. The molecule has 0 aliphatic carbocycles. The maximum absolute atomic E-state index is 13.2. The largest absolute Gasteiger partial charge is 0.269 e. The van der Waals surface area contributed by atoms with E-state index in [1.165, 1.54) is 66.7 Å². The van der Waals surface area contributed by atoms with Crippen molar-refractivity contribution < 1.29 is 21.4 Å². The monoisotopic (exact) mass is 472 g/mol. The van der Waals surface area contributed by atoms with Crippen molar-refractivity contribution in [1.29, 1.82) is 0 Å². The van der Waals surface area contributed by atoms with Crippen molar-refractivity contribution in [2.75, 3.05) is 0 Å². The van der Waals surface area contributed by atoms with Crippen LogP contribution in [0.4, 0.5) is 0 Å². The summed E-state index contributed by atoms with van der Waals surface area (Å²) in [5.74, 6) is 0. The van der Waals surface area contributed by atoms with Crippen LogP contribution in [0.2, 0.25) is 10.0 Å². The maximum atomic E-state index is 13.2. The highest BCUT2D eigenvalue weighted by molar-refractivity contribution is 7.95. The molecule has 0 aliphatic heterocycles. The molecular weight excluding hydrogens is 462 g/mol. The van der Waals surface area contributed by atoms with E-state index in [0.29, 0.717) is 10.0 Å². The van der Waals surface area contributed by atoms with Gasteiger partial charge in [0.25, 0.3) is 0 Å². The third kappa shape index (κ3) is 3.86. The molecule has 0 amide bonds. The Bertz CT molecular complexity index is 1250. The van der Waals surface area contributed by atoms with Gasteiger partial charge in [0.15, 0.2) is 8.46 Å². The van der Waals surface area contributed by atoms with Gasteiger partial charge in [0.1, 0.15) is 4.90 Å². The van der Waals surface area contributed by atoms with Gasteiger partial charge >= 0.3 is 0 Å². The molecular formula is C18H11Cl2O5PS2. The summed E-state index contributed by atoms with van der Waals surface area (Å²) in [5, 5.41) is 0.493. The average Bonchev–Trinajstić information content (AvgIpc) is 2.68. The molecule has 0 aromatic heterocycles. The van der Waals surface area contributed by atoms with Crippen LogP contribution in [0.3, 0.4) is 0 Å². The Morgan fingerprint density at radius 3 is 1.57 bits per heavy atom. The predicted octanol–water partition coefficient (Wildman–Crippen LogP) is 4.58. The molecule has 0 saturated heterocycles. The minimum absolute atomic E-state index is 0.135. The number of halogens is 2. The van der Waals surface area contributed by atoms with Crippen molar-refractivity contribution in [1.82, 2.24) is 0 Å². The molecule has 0 fully saturated rings. The van der Waals surface area contributed by atoms with Crippen molar-refractivity contribution in [2.24, 2.45) is 0 Å². The Kier molecular flexibility index (Phi) is 5.94. The van der Waals surface area contributed by atoms with Gasteiger partial charge in [-0.1, -0.05) is 29.3 Å². The molecule has 0 unspecified atom stereocenters. The van der Waals surface area contributed by atoms with Crippen LogP contribution in [0.1, 0.15) is 0 Å². The molecule has 0 bridgehead atoms. The Labute approximate surface area is 174 Å². The van der Waals surface area contributed by atoms with Gasteiger partial charge in [-0.05, 0) is 60.7 Å². The number of benzene rings is 3. The van der Waals surface area contributed by atoms with E-state index in [1.807, 2.05) is 0 Å². The molecule has 5 nitrogen and oxygen atoms in total. The first-order chi connectivity index (χ1) is 13.2. The second-order valence-corrected chi connectivity index (χ2v) is 11.0. The SMILES string of the molecule is O=Pc1cccc(S(=O)(=O)c2ccc(Cl)cc2)c1S(=O)(=O)c1ccc(Cl)cc1. The zero-order valence-electron chi connectivity index (χ0n) is 13.9. The molecule has 0 atom stereocenters. The third-order valence-corrected chi connectivity index (χ3v) is 8.90. The van der Waals surface area contributed by atoms with Gasteiger partial charge in [-0.2, -0.15) is 0 Å². The summed E-state index contributed by atoms with van der Waals surface area (Å²) in [6, 6.07) is 14.4. The van der Waals surface area contributed by atoms with E-state index in [1.54, 1.807) is 0 Å². The van der Waals surface area contributed by atoms with Gasteiger partial charge in [-0.3, -0.25) is 4.57 Å². The second kappa shape index (κ2) is 7.93. The molecule has 0 heterocycles. The van der Waals surface area contributed by atoms with E-state index < -0.39 is 37.9 Å². The summed E-state index contributed by atoms with van der Waals surface area (Å²) in [6.45, 7) is 0. The molecule has 3 aromatic carbocycles. The Morgan fingerprint density at radius 1 is 0.643 bits per heavy atom. The van der Waals surface area contributed by atoms with Gasteiger partial charge in [0.05, 0.1) is 20.0 Å². The van der Waals surface area contributed by atoms with Crippen LogP contribution in [0.15, 0.2) is 86.3 Å². The first-order valence-corrected chi connectivity index (χ1v) is 12.2. The van der Waals surface area contributed by atoms with Gasteiger partial charge in [0.2, 0.25) is 19.7 Å². The minimum atomic E-state index is -4.30. The molecule has 144 valence electrons. The van der Waals surface area contributed by atoms with Crippen LogP contribution < -0.4 is 5.30 Å². The predicted molar refractivity (Wildman–Crippen MR) is 107 cm³/mol. The summed E-state index contributed by atoms with van der Waals surface area (Å²) in [7, 11) is -9.15. The van der Waals surface area contributed by atoms with Gasteiger partial charge in [-0.25, -0.2) is 16.8 Å². The minimum Gasteiger partial charge on any atom is -0.269 e. The van der Waals surface area contributed by atoms with Gasteiger partial charge in [0, 0.05) is 10.0 Å². The van der Waals surface area contributed by atoms with Crippen LogP contribution in [0.25, 0.3) is 0 Å². The van der Waals surface area contributed by atoms with E-state index in [-0.39, 0.29) is 15.1 Å².